The van der Waals surface area contributed by atoms with Crippen LogP contribution in [0, 0.1) is 0 Å². The van der Waals surface area contributed by atoms with Gasteiger partial charge in [0, 0.05) is 26.2 Å². The van der Waals surface area contributed by atoms with Crippen molar-refractivity contribution < 1.29 is 0 Å². The molecule has 70 valence electrons. The molecule has 3 heteroatoms. The summed E-state index contributed by atoms with van der Waals surface area (Å²) in [5.41, 5.74) is 6.14. The van der Waals surface area contributed by atoms with E-state index < -0.39 is 0 Å². The van der Waals surface area contributed by atoms with Gasteiger partial charge in [-0.25, -0.2) is 0 Å². The zero-order valence-electron chi connectivity index (χ0n) is 7.71. The van der Waals surface area contributed by atoms with E-state index in [2.05, 4.69) is 9.80 Å². The van der Waals surface area contributed by atoms with E-state index in [0.29, 0.717) is 0 Å². The molecule has 2 heterocycles. The normalized spacial score (nSPS) is 27.5. The van der Waals surface area contributed by atoms with Gasteiger partial charge in [-0.2, -0.15) is 0 Å². The Bertz CT molecular complexity index is 121. The largest absolute Gasteiger partial charge is 0.303 e. The summed E-state index contributed by atoms with van der Waals surface area (Å²) in [5, 5.41) is 0. The number of nitrogens with zero attached hydrogens (tertiary/aromatic N) is 2. The first-order valence-corrected chi connectivity index (χ1v) is 5.11. The van der Waals surface area contributed by atoms with Crippen molar-refractivity contribution in [2.45, 2.75) is 32.0 Å². The first-order valence-electron chi connectivity index (χ1n) is 5.11. The van der Waals surface area contributed by atoms with Crippen LogP contribution in [0.3, 0.4) is 0 Å². The molecule has 12 heavy (non-hydrogen) atoms. The number of rotatable bonds is 2. The van der Waals surface area contributed by atoms with Gasteiger partial charge in [0.1, 0.15) is 6.29 Å². The Kier molecular flexibility index (Phi) is 2.63. The zero-order chi connectivity index (χ0) is 8.39. The summed E-state index contributed by atoms with van der Waals surface area (Å²) in [5.74, 6) is 0. The third-order valence-electron chi connectivity index (χ3n) is 3.03. The molecule has 2 aliphatic rings. The average Bonchev–Trinajstić information content (AvgIpc) is 2.77. The van der Waals surface area contributed by atoms with Crippen molar-refractivity contribution >= 4 is 0 Å². The first kappa shape index (κ1) is 8.48. The molecule has 0 amide bonds. The summed E-state index contributed by atoms with van der Waals surface area (Å²) in [4.78, 5) is 4.82. The summed E-state index contributed by atoms with van der Waals surface area (Å²) < 4.78 is 0. The smallest absolute Gasteiger partial charge is 0.114 e. The summed E-state index contributed by atoms with van der Waals surface area (Å²) in [6.45, 7) is 4.82. The molecule has 2 rings (SSSR count). The van der Waals surface area contributed by atoms with Crippen molar-refractivity contribution in [3.63, 3.8) is 0 Å². The lowest BCUT2D eigenvalue weighted by atomic mass is 10.4. The highest BCUT2D eigenvalue weighted by Gasteiger charge is 2.25. The minimum atomic E-state index is 0.218. The Morgan fingerprint density at radius 1 is 0.750 bits per heavy atom. The molecule has 2 N–H and O–H groups in total. The lowest BCUT2D eigenvalue weighted by Gasteiger charge is -2.31. The highest BCUT2D eigenvalue weighted by atomic mass is 15.4. The number of nitrogens with two attached hydrogens (primary N) is 1. The third-order valence-corrected chi connectivity index (χ3v) is 3.03. The molecule has 2 fully saturated rings. The highest BCUT2D eigenvalue weighted by Crippen LogP contribution is 2.15. The van der Waals surface area contributed by atoms with Gasteiger partial charge in [-0.3, -0.25) is 9.80 Å². The molecule has 0 spiro atoms. The molecule has 0 saturated carbocycles. The lowest BCUT2D eigenvalue weighted by molar-refractivity contribution is 0.0848. The highest BCUT2D eigenvalue weighted by molar-refractivity contribution is 4.76. The van der Waals surface area contributed by atoms with E-state index in [0.717, 1.165) is 0 Å². The Balaban J connectivity index is 1.84. The monoisotopic (exact) mass is 169 g/mol. The van der Waals surface area contributed by atoms with Crippen LogP contribution in [0.4, 0.5) is 0 Å². The van der Waals surface area contributed by atoms with Gasteiger partial charge in [-0.15, -0.1) is 0 Å². The topological polar surface area (TPSA) is 32.5 Å². The van der Waals surface area contributed by atoms with Gasteiger partial charge in [0.15, 0.2) is 0 Å². The van der Waals surface area contributed by atoms with E-state index in [9.17, 15) is 0 Å². The van der Waals surface area contributed by atoms with E-state index >= 15 is 0 Å². The molecule has 0 aliphatic carbocycles. The van der Waals surface area contributed by atoms with E-state index in [1.807, 2.05) is 0 Å². The minimum Gasteiger partial charge on any atom is -0.303 e. The van der Waals surface area contributed by atoms with Crippen molar-refractivity contribution in [1.29, 1.82) is 0 Å². The maximum atomic E-state index is 6.14. The van der Waals surface area contributed by atoms with Crippen molar-refractivity contribution in [3.05, 3.63) is 0 Å². The zero-order valence-corrected chi connectivity index (χ0v) is 7.71. The molecule has 0 bridgehead atoms. The molecular weight excluding hydrogens is 150 g/mol. The standard InChI is InChI=1S/C9H19N3/c10-9(11-5-1-2-6-11)12-7-3-4-8-12/h9H,1-8,10H2. The molecule has 0 unspecified atom stereocenters. The summed E-state index contributed by atoms with van der Waals surface area (Å²) in [7, 11) is 0. The molecule has 0 aromatic carbocycles. The molecule has 0 radical (unpaired) electrons. The van der Waals surface area contributed by atoms with E-state index in [1.165, 1.54) is 51.9 Å². The molecule has 2 aliphatic heterocycles. The van der Waals surface area contributed by atoms with Crippen LogP contribution in [0.15, 0.2) is 0 Å². The van der Waals surface area contributed by atoms with Crippen LogP contribution < -0.4 is 5.73 Å². The summed E-state index contributed by atoms with van der Waals surface area (Å²) in [6, 6.07) is 0. The average molecular weight is 169 g/mol. The molecule has 3 nitrogen and oxygen atoms in total. The summed E-state index contributed by atoms with van der Waals surface area (Å²) in [6.07, 6.45) is 5.56. The molecule has 0 atom stereocenters. The quantitative estimate of drug-likeness (QED) is 0.650. The van der Waals surface area contributed by atoms with Gasteiger partial charge in [0.2, 0.25) is 0 Å². The van der Waals surface area contributed by atoms with Gasteiger partial charge in [-0.1, -0.05) is 0 Å². The van der Waals surface area contributed by atoms with Crippen LogP contribution in [0.2, 0.25) is 0 Å². The van der Waals surface area contributed by atoms with Crippen LogP contribution >= 0.6 is 0 Å². The predicted molar refractivity (Wildman–Crippen MR) is 49.6 cm³/mol. The molecule has 2 saturated heterocycles. The molecule has 0 aromatic rings. The number of hydrogen-bond acceptors (Lipinski definition) is 3. The lowest BCUT2D eigenvalue weighted by Crippen LogP contribution is -2.52. The molecular formula is C9H19N3. The van der Waals surface area contributed by atoms with Gasteiger partial charge < -0.3 is 5.73 Å². The van der Waals surface area contributed by atoms with Gasteiger partial charge in [0.25, 0.3) is 0 Å². The van der Waals surface area contributed by atoms with E-state index in [1.54, 1.807) is 0 Å². The Morgan fingerprint density at radius 2 is 1.08 bits per heavy atom. The second-order valence-corrected chi connectivity index (χ2v) is 3.90. The summed E-state index contributed by atoms with van der Waals surface area (Å²) >= 11 is 0. The fourth-order valence-electron chi connectivity index (χ4n) is 2.24. The van der Waals surface area contributed by atoms with Gasteiger partial charge in [0.05, 0.1) is 0 Å². The fraction of sp³-hybridized carbons (Fsp3) is 1.00. The maximum absolute atomic E-state index is 6.14. The number of hydrogen-bond donors (Lipinski definition) is 1. The fourth-order valence-corrected chi connectivity index (χ4v) is 2.24. The number of likely N-dealkylation sites (tertiary alicyclic amines) is 2. The third kappa shape index (κ3) is 1.63. The van der Waals surface area contributed by atoms with Crippen molar-refractivity contribution in [3.8, 4) is 0 Å². The van der Waals surface area contributed by atoms with Crippen molar-refractivity contribution in [2.75, 3.05) is 26.2 Å². The molecule has 0 aromatic heterocycles. The SMILES string of the molecule is NC(N1CCCC1)N1CCCC1. The van der Waals surface area contributed by atoms with E-state index in [-0.39, 0.29) is 6.29 Å². The van der Waals surface area contributed by atoms with E-state index in [4.69, 9.17) is 5.73 Å². The maximum Gasteiger partial charge on any atom is 0.114 e. The predicted octanol–water partition coefficient (Wildman–Crippen LogP) is 0.420. The second kappa shape index (κ2) is 3.73. The Labute approximate surface area is 74.5 Å². The van der Waals surface area contributed by atoms with Crippen LogP contribution in [-0.4, -0.2) is 42.3 Å². The first-order chi connectivity index (χ1) is 5.88. The van der Waals surface area contributed by atoms with Crippen LogP contribution in [0.25, 0.3) is 0 Å². The van der Waals surface area contributed by atoms with Crippen LogP contribution in [0.1, 0.15) is 25.7 Å². The van der Waals surface area contributed by atoms with Crippen LogP contribution in [0.5, 0.6) is 0 Å². The Hall–Kier alpha value is -0.120. The van der Waals surface area contributed by atoms with Crippen LogP contribution in [-0.2, 0) is 0 Å². The second-order valence-electron chi connectivity index (χ2n) is 3.90. The van der Waals surface area contributed by atoms with Crippen molar-refractivity contribution in [2.24, 2.45) is 5.73 Å². The minimum absolute atomic E-state index is 0.218. The van der Waals surface area contributed by atoms with Gasteiger partial charge >= 0.3 is 0 Å². The van der Waals surface area contributed by atoms with Gasteiger partial charge in [-0.05, 0) is 25.7 Å². The Morgan fingerprint density at radius 3 is 1.42 bits per heavy atom. The van der Waals surface area contributed by atoms with Crippen molar-refractivity contribution in [1.82, 2.24) is 9.80 Å².